The number of halogens is 1. The Morgan fingerprint density at radius 1 is 1.55 bits per heavy atom. The third-order valence-electron chi connectivity index (χ3n) is 1.13. The fourth-order valence-corrected chi connectivity index (χ4v) is 0.864. The number of hydrogen-bond donors (Lipinski definition) is 1. The molecule has 0 fully saturated rings. The molecule has 0 aliphatic heterocycles. The second kappa shape index (κ2) is 2.87. The van der Waals surface area contributed by atoms with Crippen molar-refractivity contribution in [3.63, 3.8) is 0 Å². The van der Waals surface area contributed by atoms with Crippen molar-refractivity contribution in [2.24, 2.45) is 0 Å². The van der Waals surface area contributed by atoms with E-state index in [1.54, 1.807) is 0 Å². The van der Waals surface area contributed by atoms with Gasteiger partial charge in [-0.15, -0.1) is 12.6 Å². The molecule has 0 saturated heterocycles. The zero-order chi connectivity index (χ0) is 8.43. The summed E-state index contributed by atoms with van der Waals surface area (Å²) in [6, 6.07) is 3.20. The van der Waals surface area contributed by atoms with E-state index in [9.17, 15) is 14.5 Å². The normalized spacial score (nSPS) is 9.64. The van der Waals surface area contributed by atoms with Crippen LogP contribution in [-0.2, 0) is 0 Å². The third kappa shape index (κ3) is 1.68. The Labute approximate surface area is 67.4 Å². The number of nitro groups is 1. The largest absolute Gasteiger partial charge is 0.285 e. The smallest absolute Gasteiger partial charge is 0.258 e. The van der Waals surface area contributed by atoms with Crippen LogP contribution in [0.5, 0.6) is 0 Å². The van der Waals surface area contributed by atoms with E-state index in [1.165, 1.54) is 6.07 Å². The summed E-state index contributed by atoms with van der Waals surface area (Å²) < 4.78 is 12.4. The summed E-state index contributed by atoms with van der Waals surface area (Å²) in [4.78, 5) is 9.65. The zero-order valence-corrected chi connectivity index (χ0v) is 6.22. The summed E-state index contributed by atoms with van der Waals surface area (Å²) in [5.74, 6) is -0.630. The summed E-state index contributed by atoms with van der Waals surface area (Å²) in [7, 11) is 0. The first-order chi connectivity index (χ1) is 5.11. The molecule has 0 unspecified atom stereocenters. The standard InChI is InChI=1S/C6H4FNO2S/c7-4-1-2-6(11)5(3-4)8(9)10/h1-3,11H. The van der Waals surface area contributed by atoms with Crippen LogP contribution in [0, 0.1) is 15.9 Å². The van der Waals surface area contributed by atoms with Crippen LogP contribution in [0.4, 0.5) is 10.1 Å². The average Bonchev–Trinajstić information content (AvgIpc) is 1.94. The summed E-state index contributed by atoms with van der Waals surface area (Å²) >= 11 is 3.78. The Balaban J connectivity index is 3.23. The fraction of sp³-hybridized carbons (Fsp3) is 0. The lowest BCUT2D eigenvalue weighted by molar-refractivity contribution is -0.387. The van der Waals surface area contributed by atoms with Crippen LogP contribution >= 0.6 is 12.6 Å². The third-order valence-corrected chi connectivity index (χ3v) is 1.51. The van der Waals surface area contributed by atoms with Gasteiger partial charge in [0.1, 0.15) is 5.82 Å². The Morgan fingerprint density at radius 3 is 2.64 bits per heavy atom. The summed E-state index contributed by atoms with van der Waals surface area (Å²) in [5.41, 5.74) is -0.312. The molecule has 0 N–H and O–H groups in total. The van der Waals surface area contributed by atoms with Crippen molar-refractivity contribution in [2.75, 3.05) is 0 Å². The van der Waals surface area contributed by atoms with E-state index in [1.807, 2.05) is 0 Å². The molecular weight excluding hydrogens is 169 g/mol. The first-order valence-corrected chi connectivity index (χ1v) is 3.19. The minimum absolute atomic E-state index is 0.163. The maximum absolute atomic E-state index is 12.4. The van der Waals surface area contributed by atoms with Crippen LogP contribution in [0.2, 0.25) is 0 Å². The lowest BCUT2D eigenvalue weighted by Gasteiger charge is -1.93. The van der Waals surface area contributed by atoms with E-state index in [4.69, 9.17) is 0 Å². The number of benzene rings is 1. The van der Waals surface area contributed by atoms with Crippen LogP contribution in [0.15, 0.2) is 23.1 Å². The second-order valence-corrected chi connectivity index (χ2v) is 2.37. The molecule has 0 amide bonds. The van der Waals surface area contributed by atoms with Gasteiger partial charge in [-0.05, 0) is 12.1 Å². The van der Waals surface area contributed by atoms with Crippen molar-refractivity contribution < 1.29 is 9.31 Å². The molecule has 0 aliphatic rings. The molecule has 1 aromatic rings. The summed E-state index contributed by atoms with van der Waals surface area (Å²) in [5, 5.41) is 10.2. The maximum Gasteiger partial charge on any atom is 0.285 e. The lowest BCUT2D eigenvalue weighted by atomic mass is 10.3. The summed E-state index contributed by atoms with van der Waals surface area (Å²) in [6.07, 6.45) is 0. The highest BCUT2D eigenvalue weighted by molar-refractivity contribution is 7.80. The van der Waals surface area contributed by atoms with Gasteiger partial charge in [0, 0.05) is 0 Å². The predicted octanol–water partition coefficient (Wildman–Crippen LogP) is 2.02. The number of nitro benzene ring substituents is 1. The molecule has 0 bridgehead atoms. The zero-order valence-electron chi connectivity index (χ0n) is 5.32. The molecule has 11 heavy (non-hydrogen) atoms. The molecule has 3 nitrogen and oxygen atoms in total. The van der Waals surface area contributed by atoms with Crippen LogP contribution in [-0.4, -0.2) is 4.92 Å². The number of rotatable bonds is 1. The molecule has 0 aliphatic carbocycles. The topological polar surface area (TPSA) is 43.1 Å². The highest BCUT2D eigenvalue weighted by Gasteiger charge is 2.10. The van der Waals surface area contributed by atoms with Gasteiger partial charge in [-0.2, -0.15) is 0 Å². The molecule has 0 saturated carbocycles. The minimum Gasteiger partial charge on any atom is -0.258 e. The van der Waals surface area contributed by atoms with Gasteiger partial charge >= 0.3 is 0 Å². The lowest BCUT2D eigenvalue weighted by Crippen LogP contribution is -1.89. The van der Waals surface area contributed by atoms with E-state index >= 15 is 0 Å². The van der Waals surface area contributed by atoms with E-state index < -0.39 is 10.7 Å². The van der Waals surface area contributed by atoms with Gasteiger partial charge in [-0.3, -0.25) is 10.1 Å². The molecule has 0 spiro atoms. The second-order valence-electron chi connectivity index (χ2n) is 1.89. The Hall–Kier alpha value is -1.10. The quantitative estimate of drug-likeness (QED) is 0.401. The molecular formula is C6H4FNO2S. The van der Waals surface area contributed by atoms with Crippen LogP contribution in [0.1, 0.15) is 0 Å². The minimum atomic E-state index is -0.675. The van der Waals surface area contributed by atoms with E-state index in [0.717, 1.165) is 12.1 Å². The monoisotopic (exact) mass is 173 g/mol. The van der Waals surface area contributed by atoms with Crippen molar-refractivity contribution in [3.8, 4) is 0 Å². The fourth-order valence-electron chi connectivity index (χ4n) is 0.643. The number of thiol groups is 1. The molecule has 0 radical (unpaired) electrons. The van der Waals surface area contributed by atoms with Crippen molar-refractivity contribution >= 4 is 18.3 Å². The van der Waals surface area contributed by atoms with E-state index in [-0.39, 0.29) is 10.6 Å². The Bertz CT molecular complexity index is 303. The average molecular weight is 173 g/mol. The molecule has 5 heteroatoms. The first kappa shape index (κ1) is 8.00. The van der Waals surface area contributed by atoms with Crippen molar-refractivity contribution in [3.05, 3.63) is 34.1 Å². The Kier molecular flexibility index (Phi) is 2.09. The van der Waals surface area contributed by atoms with Crippen molar-refractivity contribution in [2.45, 2.75) is 4.90 Å². The van der Waals surface area contributed by atoms with Gasteiger partial charge in [-0.25, -0.2) is 4.39 Å². The molecule has 0 atom stereocenters. The molecule has 1 rings (SSSR count). The van der Waals surface area contributed by atoms with Gasteiger partial charge in [-0.1, -0.05) is 0 Å². The molecule has 58 valence electrons. The van der Waals surface area contributed by atoms with Gasteiger partial charge in [0.25, 0.3) is 5.69 Å². The summed E-state index contributed by atoms with van der Waals surface area (Å²) in [6.45, 7) is 0. The maximum atomic E-state index is 12.4. The number of hydrogen-bond acceptors (Lipinski definition) is 3. The van der Waals surface area contributed by atoms with E-state index in [2.05, 4.69) is 12.6 Å². The van der Waals surface area contributed by atoms with Crippen LogP contribution in [0.25, 0.3) is 0 Å². The van der Waals surface area contributed by atoms with Crippen molar-refractivity contribution in [1.82, 2.24) is 0 Å². The predicted molar refractivity (Wildman–Crippen MR) is 40.3 cm³/mol. The van der Waals surface area contributed by atoms with Crippen LogP contribution < -0.4 is 0 Å². The molecule has 1 aromatic carbocycles. The number of nitrogens with zero attached hydrogens (tertiary/aromatic N) is 1. The highest BCUT2D eigenvalue weighted by Crippen LogP contribution is 2.22. The van der Waals surface area contributed by atoms with Gasteiger partial charge < -0.3 is 0 Å². The van der Waals surface area contributed by atoms with Gasteiger partial charge in [0.2, 0.25) is 0 Å². The van der Waals surface area contributed by atoms with E-state index in [0.29, 0.717) is 0 Å². The SMILES string of the molecule is O=[N+]([O-])c1cc(F)ccc1S. The molecule has 0 heterocycles. The van der Waals surface area contributed by atoms with Crippen molar-refractivity contribution in [1.29, 1.82) is 0 Å². The van der Waals surface area contributed by atoms with Crippen LogP contribution in [0.3, 0.4) is 0 Å². The first-order valence-electron chi connectivity index (χ1n) is 2.74. The van der Waals surface area contributed by atoms with Gasteiger partial charge in [0.15, 0.2) is 0 Å². The van der Waals surface area contributed by atoms with Gasteiger partial charge in [0.05, 0.1) is 15.9 Å². The highest BCUT2D eigenvalue weighted by atomic mass is 32.1. The molecule has 0 aromatic heterocycles. The Morgan fingerprint density at radius 2 is 2.18 bits per heavy atom.